The molecule has 1 heterocycles. The molecule has 3 N–H and O–H groups in total. The summed E-state index contributed by atoms with van der Waals surface area (Å²) in [4.78, 5) is 0. The molecule has 0 aliphatic heterocycles. The fraction of sp³-hybridized carbons (Fsp3) is 0.100. The van der Waals surface area contributed by atoms with Crippen LogP contribution in [0.4, 0.5) is 10.1 Å². The van der Waals surface area contributed by atoms with Gasteiger partial charge < -0.3 is 5.73 Å². The third-order valence-electron chi connectivity index (χ3n) is 2.19. The van der Waals surface area contributed by atoms with Crippen molar-refractivity contribution in [1.29, 1.82) is 0 Å². The maximum absolute atomic E-state index is 13.3. The Kier molecular flexibility index (Phi) is 2.36. The number of aryl methyl sites for hydroxylation is 1. The minimum absolute atomic E-state index is 0.316. The van der Waals surface area contributed by atoms with E-state index in [4.69, 9.17) is 17.3 Å². The van der Waals surface area contributed by atoms with Crippen LogP contribution in [0.2, 0.25) is 5.02 Å². The molecule has 0 bridgehead atoms. The first-order chi connectivity index (χ1) is 7.09. The number of H-pyrrole nitrogens is 1. The van der Waals surface area contributed by atoms with Gasteiger partial charge in [-0.3, -0.25) is 5.10 Å². The van der Waals surface area contributed by atoms with Gasteiger partial charge in [0.1, 0.15) is 5.82 Å². The Bertz CT molecular complexity index is 507. The van der Waals surface area contributed by atoms with Crippen molar-refractivity contribution in [3.63, 3.8) is 0 Å². The molecule has 2 rings (SSSR count). The lowest BCUT2D eigenvalue weighted by molar-refractivity contribution is 0.619. The average Bonchev–Trinajstić information content (AvgIpc) is 2.58. The van der Waals surface area contributed by atoms with Crippen LogP contribution in [0.15, 0.2) is 18.3 Å². The fourth-order valence-corrected chi connectivity index (χ4v) is 1.66. The predicted octanol–water partition coefficient (Wildman–Crippen LogP) is 2.76. The zero-order valence-corrected chi connectivity index (χ0v) is 8.77. The van der Waals surface area contributed by atoms with Crippen LogP contribution in [-0.2, 0) is 0 Å². The van der Waals surface area contributed by atoms with Gasteiger partial charge in [-0.2, -0.15) is 5.10 Å². The molecule has 0 amide bonds. The van der Waals surface area contributed by atoms with Crippen LogP contribution in [0.5, 0.6) is 0 Å². The molecule has 2 aromatic rings. The monoisotopic (exact) mass is 225 g/mol. The van der Waals surface area contributed by atoms with E-state index < -0.39 is 0 Å². The minimum atomic E-state index is -0.316. The van der Waals surface area contributed by atoms with Crippen molar-refractivity contribution in [1.82, 2.24) is 10.2 Å². The Morgan fingerprint density at radius 1 is 1.47 bits per heavy atom. The number of nitrogens with two attached hydrogens (primary N) is 1. The van der Waals surface area contributed by atoms with E-state index in [0.29, 0.717) is 27.5 Å². The van der Waals surface area contributed by atoms with Crippen LogP contribution in [-0.4, -0.2) is 10.2 Å². The highest BCUT2D eigenvalue weighted by Crippen LogP contribution is 2.31. The van der Waals surface area contributed by atoms with Gasteiger partial charge in [0.05, 0.1) is 22.6 Å². The summed E-state index contributed by atoms with van der Waals surface area (Å²) >= 11 is 5.99. The molecule has 1 aromatic heterocycles. The van der Waals surface area contributed by atoms with Gasteiger partial charge in [-0.15, -0.1) is 0 Å². The molecule has 0 fully saturated rings. The number of benzene rings is 1. The summed E-state index contributed by atoms with van der Waals surface area (Å²) in [7, 11) is 0. The first kappa shape index (κ1) is 9.98. The standard InChI is InChI=1S/C10H9ClFN3/c1-5-2-7(11)6(3-8(5)12)10-9(13)4-14-15-10/h2-4H,13H2,1H3,(H,14,15). The third kappa shape index (κ3) is 1.68. The summed E-state index contributed by atoms with van der Waals surface area (Å²) in [5.41, 5.74) is 7.66. The molecule has 5 heteroatoms. The average molecular weight is 226 g/mol. The van der Waals surface area contributed by atoms with Gasteiger partial charge in [0.2, 0.25) is 0 Å². The molecule has 0 aliphatic rings. The normalized spacial score (nSPS) is 10.6. The topological polar surface area (TPSA) is 54.7 Å². The molecule has 0 unspecified atom stereocenters. The molecule has 15 heavy (non-hydrogen) atoms. The maximum atomic E-state index is 13.3. The summed E-state index contributed by atoms with van der Waals surface area (Å²) in [6.07, 6.45) is 1.46. The zero-order chi connectivity index (χ0) is 11.0. The van der Waals surface area contributed by atoms with Gasteiger partial charge in [0.25, 0.3) is 0 Å². The van der Waals surface area contributed by atoms with E-state index in [9.17, 15) is 4.39 Å². The van der Waals surface area contributed by atoms with Crippen molar-refractivity contribution in [2.45, 2.75) is 6.92 Å². The van der Waals surface area contributed by atoms with Crippen LogP contribution in [0.3, 0.4) is 0 Å². The summed E-state index contributed by atoms with van der Waals surface area (Å²) in [6, 6.07) is 2.91. The second kappa shape index (κ2) is 3.55. The zero-order valence-electron chi connectivity index (χ0n) is 8.01. The molecule has 0 atom stereocenters. The second-order valence-corrected chi connectivity index (χ2v) is 3.69. The largest absolute Gasteiger partial charge is 0.396 e. The Labute approximate surface area is 91.1 Å². The van der Waals surface area contributed by atoms with E-state index in [1.54, 1.807) is 13.0 Å². The number of nitrogen functional groups attached to an aromatic ring is 1. The van der Waals surface area contributed by atoms with E-state index in [1.807, 2.05) is 0 Å². The van der Waals surface area contributed by atoms with E-state index in [2.05, 4.69) is 10.2 Å². The number of aromatic nitrogens is 2. The molecule has 0 radical (unpaired) electrons. The molecule has 0 saturated carbocycles. The number of anilines is 1. The summed E-state index contributed by atoms with van der Waals surface area (Å²) in [5.74, 6) is -0.316. The maximum Gasteiger partial charge on any atom is 0.126 e. The highest BCUT2D eigenvalue weighted by atomic mass is 35.5. The summed E-state index contributed by atoms with van der Waals surface area (Å²) in [5, 5.41) is 6.89. The molecule has 0 saturated heterocycles. The molecular weight excluding hydrogens is 217 g/mol. The number of aromatic amines is 1. The van der Waals surface area contributed by atoms with E-state index in [1.165, 1.54) is 12.3 Å². The molecular formula is C10H9ClFN3. The van der Waals surface area contributed by atoms with Crippen LogP contribution < -0.4 is 5.73 Å². The fourth-order valence-electron chi connectivity index (χ4n) is 1.35. The van der Waals surface area contributed by atoms with E-state index in [0.717, 1.165) is 0 Å². The van der Waals surface area contributed by atoms with Crippen molar-refractivity contribution in [3.8, 4) is 11.3 Å². The Morgan fingerprint density at radius 2 is 2.20 bits per heavy atom. The number of rotatable bonds is 1. The van der Waals surface area contributed by atoms with Crippen LogP contribution in [0, 0.1) is 12.7 Å². The Morgan fingerprint density at radius 3 is 2.80 bits per heavy atom. The smallest absolute Gasteiger partial charge is 0.126 e. The number of hydrogen-bond donors (Lipinski definition) is 2. The van der Waals surface area contributed by atoms with Crippen molar-refractivity contribution in [2.75, 3.05) is 5.73 Å². The Balaban J connectivity index is 2.64. The summed E-state index contributed by atoms with van der Waals surface area (Å²) in [6.45, 7) is 1.65. The van der Waals surface area contributed by atoms with Gasteiger partial charge >= 0.3 is 0 Å². The lowest BCUT2D eigenvalue weighted by Gasteiger charge is -2.05. The highest BCUT2D eigenvalue weighted by Gasteiger charge is 2.11. The highest BCUT2D eigenvalue weighted by molar-refractivity contribution is 6.33. The quantitative estimate of drug-likeness (QED) is 0.784. The Hall–Kier alpha value is -1.55. The SMILES string of the molecule is Cc1cc(Cl)c(-c2[nH]ncc2N)cc1F. The van der Waals surface area contributed by atoms with Crippen molar-refractivity contribution in [2.24, 2.45) is 0 Å². The number of nitrogens with one attached hydrogen (secondary N) is 1. The van der Waals surface area contributed by atoms with Crippen molar-refractivity contribution < 1.29 is 4.39 Å². The van der Waals surface area contributed by atoms with Gasteiger partial charge in [-0.25, -0.2) is 4.39 Å². The van der Waals surface area contributed by atoms with Gasteiger partial charge in [0, 0.05) is 5.56 Å². The van der Waals surface area contributed by atoms with Gasteiger partial charge in [-0.05, 0) is 24.6 Å². The molecule has 1 aromatic carbocycles. The number of nitrogens with zero attached hydrogens (tertiary/aromatic N) is 1. The first-order valence-electron chi connectivity index (χ1n) is 4.34. The van der Waals surface area contributed by atoms with Gasteiger partial charge in [0.15, 0.2) is 0 Å². The molecule has 78 valence electrons. The number of halogens is 2. The minimum Gasteiger partial charge on any atom is -0.396 e. The van der Waals surface area contributed by atoms with Crippen LogP contribution >= 0.6 is 11.6 Å². The predicted molar refractivity (Wildman–Crippen MR) is 58.1 cm³/mol. The molecule has 0 aliphatic carbocycles. The van der Waals surface area contributed by atoms with E-state index >= 15 is 0 Å². The first-order valence-corrected chi connectivity index (χ1v) is 4.72. The van der Waals surface area contributed by atoms with Gasteiger partial charge in [-0.1, -0.05) is 11.6 Å². The van der Waals surface area contributed by atoms with Crippen LogP contribution in [0.1, 0.15) is 5.56 Å². The third-order valence-corrected chi connectivity index (χ3v) is 2.50. The van der Waals surface area contributed by atoms with Crippen molar-refractivity contribution in [3.05, 3.63) is 34.7 Å². The number of hydrogen-bond acceptors (Lipinski definition) is 2. The van der Waals surface area contributed by atoms with E-state index in [-0.39, 0.29) is 5.82 Å². The lowest BCUT2D eigenvalue weighted by atomic mass is 10.1. The molecule has 0 spiro atoms. The molecule has 3 nitrogen and oxygen atoms in total. The second-order valence-electron chi connectivity index (χ2n) is 3.28. The lowest BCUT2D eigenvalue weighted by Crippen LogP contribution is -1.90. The van der Waals surface area contributed by atoms with Crippen molar-refractivity contribution >= 4 is 17.3 Å². The van der Waals surface area contributed by atoms with Crippen LogP contribution in [0.25, 0.3) is 11.3 Å². The summed E-state index contributed by atoms with van der Waals surface area (Å²) < 4.78 is 13.3.